The number of amides is 1. The van der Waals surface area contributed by atoms with Crippen LogP contribution in [0.2, 0.25) is 0 Å². The summed E-state index contributed by atoms with van der Waals surface area (Å²) in [6.45, 7) is 4.46. The Balaban J connectivity index is 1.53. The Morgan fingerprint density at radius 2 is 1.82 bits per heavy atom. The quantitative estimate of drug-likeness (QED) is 0.593. The number of rotatable bonds is 8. The maximum atomic E-state index is 14.5. The molecule has 1 amide bonds. The number of benzene rings is 1. The summed E-state index contributed by atoms with van der Waals surface area (Å²) >= 11 is 0. The van der Waals surface area contributed by atoms with Crippen LogP contribution < -0.4 is 9.64 Å². The lowest BCUT2D eigenvalue weighted by molar-refractivity contribution is 0.125. The van der Waals surface area contributed by atoms with E-state index in [1.807, 2.05) is 6.92 Å². The van der Waals surface area contributed by atoms with Gasteiger partial charge in [0.2, 0.25) is 5.88 Å². The van der Waals surface area contributed by atoms with Gasteiger partial charge in [-0.3, -0.25) is 0 Å². The summed E-state index contributed by atoms with van der Waals surface area (Å²) in [7, 11) is -3.53. The van der Waals surface area contributed by atoms with Crippen LogP contribution in [0.25, 0.3) is 0 Å². The van der Waals surface area contributed by atoms with E-state index < -0.39 is 21.7 Å². The van der Waals surface area contributed by atoms with Crippen LogP contribution in [0.15, 0.2) is 29.4 Å². The first-order chi connectivity index (χ1) is 16.1. The highest BCUT2D eigenvalue weighted by Gasteiger charge is 2.30. The van der Waals surface area contributed by atoms with Crippen molar-refractivity contribution in [2.24, 2.45) is 11.8 Å². The van der Waals surface area contributed by atoms with Gasteiger partial charge in [0.15, 0.2) is 21.4 Å². The van der Waals surface area contributed by atoms with E-state index in [2.05, 4.69) is 14.9 Å². The second kappa shape index (κ2) is 9.73. The molecular weight excluding hydrogens is 463 g/mol. The van der Waals surface area contributed by atoms with E-state index in [4.69, 9.17) is 4.74 Å². The fourth-order valence-corrected chi connectivity index (χ4v) is 4.86. The summed E-state index contributed by atoms with van der Waals surface area (Å²) in [5.41, 5.74) is 0.665. The van der Waals surface area contributed by atoms with E-state index in [0.29, 0.717) is 36.3 Å². The van der Waals surface area contributed by atoms with E-state index in [9.17, 15) is 22.7 Å². The van der Waals surface area contributed by atoms with Crippen LogP contribution in [0.3, 0.4) is 0 Å². The Hall–Kier alpha value is -2.95. The fraction of sp³-hybridized carbons (Fsp3) is 0.522. The van der Waals surface area contributed by atoms with Crippen molar-refractivity contribution in [3.05, 3.63) is 35.9 Å². The van der Waals surface area contributed by atoms with Crippen LogP contribution in [0.5, 0.6) is 11.6 Å². The average Bonchev–Trinajstić information content (AvgIpc) is 3.60. The van der Waals surface area contributed by atoms with Crippen LogP contribution in [0, 0.1) is 24.6 Å². The summed E-state index contributed by atoms with van der Waals surface area (Å²) in [6.07, 6.45) is 5.44. The highest BCUT2D eigenvalue weighted by Crippen LogP contribution is 2.35. The van der Waals surface area contributed by atoms with E-state index in [0.717, 1.165) is 38.3 Å². The Kier molecular flexibility index (Phi) is 6.92. The zero-order valence-electron chi connectivity index (χ0n) is 19.3. The normalized spacial score (nSPS) is 17.0. The van der Waals surface area contributed by atoms with Gasteiger partial charge in [0.25, 0.3) is 0 Å². The number of carbonyl (C=O) groups is 1. The van der Waals surface area contributed by atoms with Crippen molar-refractivity contribution >= 4 is 21.7 Å². The van der Waals surface area contributed by atoms with E-state index in [1.165, 1.54) is 36.2 Å². The molecule has 2 aromatic rings. The van der Waals surface area contributed by atoms with Gasteiger partial charge in [0.1, 0.15) is 12.1 Å². The molecule has 2 aliphatic rings. The predicted molar refractivity (Wildman–Crippen MR) is 124 cm³/mol. The Labute approximate surface area is 198 Å². The van der Waals surface area contributed by atoms with E-state index >= 15 is 0 Å². The number of hydrogen-bond acceptors (Lipinski definition) is 7. The van der Waals surface area contributed by atoms with Gasteiger partial charge < -0.3 is 19.6 Å². The second-order valence-electron chi connectivity index (χ2n) is 9.16. The lowest BCUT2D eigenvalue weighted by atomic mass is 9.96. The van der Waals surface area contributed by atoms with Crippen molar-refractivity contribution < 1.29 is 27.4 Å². The molecule has 1 aliphatic heterocycles. The largest absolute Gasteiger partial charge is 0.465 e. The van der Waals surface area contributed by atoms with Crippen LogP contribution in [0.4, 0.5) is 15.0 Å². The molecule has 1 saturated carbocycles. The minimum Gasteiger partial charge on any atom is -0.465 e. The van der Waals surface area contributed by atoms with Crippen molar-refractivity contribution in [2.75, 3.05) is 37.3 Å². The number of aromatic nitrogens is 2. The summed E-state index contributed by atoms with van der Waals surface area (Å²) in [5.74, 6) is 0.952. The number of ether oxygens (including phenoxy) is 1. The third-order valence-electron chi connectivity index (χ3n) is 6.39. The van der Waals surface area contributed by atoms with Crippen LogP contribution in [0.1, 0.15) is 31.2 Å². The number of halogens is 1. The SMILES string of the molecule is Cc1c(Oc2ccc(S(C)(=O)=O)cc2F)ncnc1N(CC1CC1)CC1CCN(C(=O)O)CC1. The van der Waals surface area contributed by atoms with E-state index in [1.54, 1.807) is 0 Å². The van der Waals surface area contributed by atoms with Crippen molar-refractivity contribution in [1.29, 1.82) is 0 Å². The lowest BCUT2D eigenvalue weighted by Gasteiger charge is -2.34. The molecule has 1 saturated heterocycles. The molecule has 4 rings (SSSR count). The van der Waals surface area contributed by atoms with Crippen molar-refractivity contribution in [3.63, 3.8) is 0 Å². The molecule has 2 heterocycles. The Bertz CT molecular complexity index is 1160. The zero-order valence-corrected chi connectivity index (χ0v) is 20.1. The molecule has 1 N–H and O–H groups in total. The van der Waals surface area contributed by atoms with Gasteiger partial charge in [-0.15, -0.1) is 0 Å². The third kappa shape index (κ3) is 5.75. The molecular formula is C23H29FN4O5S. The lowest BCUT2D eigenvalue weighted by Crippen LogP contribution is -2.41. The number of sulfone groups is 1. The van der Waals surface area contributed by atoms with Crippen molar-refractivity contribution in [2.45, 2.75) is 37.5 Å². The molecule has 0 atom stereocenters. The zero-order chi connectivity index (χ0) is 24.5. The topological polar surface area (TPSA) is 113 Å². The summed E-state index contributed by atoms with van der Waals surface area (Å²) in [5, 5.41) is 9.20. The molecule has 184 valence electrons. The fourth-order valence-electron chi connectivity index (χ4n) is 4.22. The first-order valence-electron chi connectivity index (χ1n) is 11.3. The number of hydrogen-bond donors (Lipinski definition) is 1. The van der Waals surface area contributed by atoms with Gasteiger partial charge >= 0.3 is 6.09 Å². The molecule has 1 aromatic carbocycles. The Morgan fingerprint density at radius 1 is 1.18 bits per heavy atom. The average molecular weight is 493 g/mol. The molecule has 0 radical (unpaired) electrons. The standard InChI is InChI=1S/C23H29FN4O5S/c1-15-21(28(12-16-3-4-16)13-17-7-9-27(10-8-17)23(29)30)25-14-26-22(15)33-20-6-5-18(11-19(20)24)34(2,31)32/h5-6,11,14,16-17H,3-4,7-10,12-13H2,1-2H3,(H,29,30). The van der Waals surface area contributed by atoms with Gasteiger partial charge in [-0.05, 0) is 62.6 Å². The van der Waals surface area contributed by atoms with Gasteiger partial charge in [-0.25, -0.2) is 27.6 Å². The highest BCUT2D eigenvalue weighted by molar-refractivity contribution is 7.90. The molecule has 0 bridgehead atoms. The first-order valence-corrected chi connectivity index (χ1v) is 13.2. The smallest absolute Gasteiger partial charge is 0.407 e. The summed E-state index contributed by atoms with van der Waals surface area (Å²) in [6, 6.07) is 3.52. The van der Waals surface area contributed by atoms with Crippen LogP contribution >= 0.6 is 0 Å². The number of carboxylic acid groups (broad SMARTS) is 1. The molecule has 2 fully saturated rings. The third-order valence-corrected chi connectivity index (χ3v) is 7.50. The second-order valence-corrected chi connectivity index (χ2v) is 11.2. The number of piperidine rings is 1. The first kappa shape index (κ1) is 24.2. The number of nitrogens with zero attached hydrogens (tertiary/aromatic N) is 4. The van der Waals surface area contributed by atoms with Crippen LogP contribution in [-0.4, -0.2) is 66.9 Å². The maximum absolute atomic E-state index is 14.5. The van der Waals surface area contributed by atoms with Gasteiger partial charge in [0.05, 0.1) is 10.5 Å². The molecule has 9 nitrogen and oxygen atoms in total. The van der Waals surface area contributed by atoms with Crippen LogP contribution in [-0.2, 0) is 9.84 Å². The molecule has 1 aliphatic carbocycles. The maximum Gasteiger partial charge on any atom is 0.407 e. The number of likely N-dealkylation sites (tertiary alicyclic amines) is 1. The Morgan fingerprint density at radius 3 is 2.38 bits per heavy atom. The predicted octanol–water partition coefficient (Wildman–Crippen LogP) is 3.73. The van der Waals surface area contributed by atoms with E-state index in [-0.39, 0.29) is 16.5 Å². The molecule has 11 heteroatoms. The summed E-state index contributed by atoms with van der Waals surface area (Å²) < 4.78 is 43.6. The van der Waals surface area contributed by atoms with Crippen molar-refractivity contribution in [3.8, 4) is 11.6 Å². The molecule has 0 spiro atoms. The minimum atomic E-state index is -3.53. The van der Waals surface area contributed by atoms with Crippen molar-refractivity contribution in [1.82, 2.24) is 14.9 Å². The van der Waals surface area contributed by atoms with Gasteiger partial charge in [-0.2, -0.15) is 0 Å². The highest BCUT2D eigenvalue weighted by atomic mass is 32.2. The monoisotopic (exact) mass is 492 g/mol. The summed E-state index contributed by atoms with van der Waals surface area (Å²) in [4.78, 5) is 23.4. The van der Waals surface area contributed by atoms with Gasteiger partial charge in [0, 0.05) is 32.4 Å². The van der Waals surface area contributed by atoms with Gasteiger partial charge in [-0.1, -0.05) is 0 Å². The molecule has 34 heavy (non-hydrogen) atoms. The minimum absolute atomic E-state index is 0.116. The molecule has 0 unspecified atom stereocenters. The molecule has 1 aromatic heterocycles. The number of anilines is 1.